The minimum Gasteiger partial charge on any atom is -0.381 e. The monoisotopic (exact) mass is 440 g/mol. The number of ether oxygens (including phenoxy) is 1. The summed E-state index contributed by atoms with van der Waals surface area (Å²) in [5, 5.41) is -0.772. The lowest BCUT2D eigenvalue weighted by molar-refractivity contribution is -0.129. The molecule has 8 nitrogen and oxygen atoms in total. The third kappa shape index (κ3) is 5.76. The van der Waals surface area contributed by atoms with Gasteiger partial charge in [-0.05, 0) is 50.9 Å². The zero-order valence-electron chi connectivity index (χ0n) is 16.0. The first-order valence-corrected chi connectivity index (χ1v) is 12.0. The Morgan fingerprint density at radius 1 is 1.21 bits per heavy atom. The molecule has 1 aliphatic carbocycles. The first kappa shape index (κ1) is 22.2. The molecule has 162 valence electrons. The van der Waals surface area contributed by atoms with Gasteiger partial charge in [0.15, 0.2) is 0 Å². The van der Waals surface area contributed by atoms with Crippen LogP contribution in [-0.4, -0.2) is 56.9 Å². The number of alkyl halides is 2. The van der Waals surface area contributed by atoms with Gasteiger partial charge in [0.25, 0.3) is 0 Å². The predicted octanol–water partition coefficient (Wildman–Crippen LogP) is 0.590. The quantitative estimate of drug-likeness (QED) is 0.355. The number of carbonyl (C=O) groups excluding carboxylic acids is 1. The maximum absolute atomic E-state index is 14.6. The molecule has 1 saturated carbocycles. The van der Waals surface area contributed by atoms with Gasteiger partial charge in [-0.2, -0.15) is 0 Å². The van der Waals surface area contributed by atoms with E-state index in [0.29, 0.717) is 44.9 Å². The number of hydrogen-bond acceptors (Lipinski definition) is 6. The molecule has 6 atom stereocenters. The molecule has 6 unspecified atom stereocenters. The number of rotatable bonds is 6. The Kier molecular flexibility index (Phi) is 7.54. The summed E-state index contributed by atoms with van der Waals surface area (Å²) in [6.45, 7) is 3.13. The number of carbonyl (C=O) groups is 1. The van der Waals surface area contributed by atoms with Crippen LogP contribution in [0.1, 0.15) is 39.0 Å². The van der Waals surface area contributed by atoms with Gasteiger partial charge in [0, 0.05) is 25.3 Å². The molecule has 1 amide bonds. The molecule has 3 fully saturated rings. The van der Waals surface area contributed by atoms with Crippen LogP contribution in [0.15, 0.2) is 0 Å². The molecule has 0 radical (unpaired) electrons. The van der Waals surface area contributed by atoms with E-state index in [9.17, 15) is 17.6 Å². The van der Waals surface area contributed by atoms with Crippen molar-refractivity contribution in [2.75, 3.05) is 19.0 Å². The Morgan fingerprint density at radius 3 is 2.57 bits per heavy atom. The summed E-state index contributed by atoms with van der Waals surface area (Å²) >= 11 is 6.18. The summed E-state index contributed by atoms with van der Waals surface area (Å²) in [5.41, 5.74) is 8.53. The first-order valence-electron chi connectivity index (χ1n) is 9.91. The number of halogens is 2. The molecule has 3 rings (SSSR count). The summed E-state index contributed by atoms with van der Waals surface area (Å²) < 4.78 is 44.3. The fourth-order valence-electron chi connectivity index (χ4n) is 4.35. The van der Waals surface area contributed by atoms with E-state index in [-0.39, 0.29) is 23.6 Å². The average molecular weight is 441 g/mol. The van der Waals surface area contributed by atoms with Crippen LogP contribution in [0.4, 0.5) is 4.39 Å². The molecular weight excluding hydrogens is 411 g/mol. The predicted molar refractivity (Wildman–Crippen MR) is 103 cm³/mol. The summed E-state index contributed by atoms with van der Waals surface area (Å²) in [6, 6.07) is 0.412. The highest BCUT2D eigenvalue weighted by atomic mass is 35.5. The second-order valence-corrected chi connectivity index (χ2v) is 10.6. The van der Waals surface area contributed by atoms with E-state index in [1.807, 2.05) is 6.92 Å². The lowest BCUT2D eigenvalue weighted by Gasteiger charge is -2.37. The standard InChI is InChI=1S/C17H30ClFN4O4S/c1-10-6-15(21-20-10)12-7-13(16(19)14(18)8-12)17(24)22-23-28(25,26)9-11-2-4-27-5-3-11/h10-16,20-21,23H,2-9H2,1H3,(H,22,24). The number of nitrogens with one attached hydrogen (secondary N) is 4. The van der Waals surface area contributed by atoms with Crippen molar-refractivity contribution in [3.05, 3.63) is 0 Å². The van der Waals surface area contributed by atoms with Crippen molar-refractivity contribution in [2.24, 2.45) is 17.8 Å². The second kappa shape index (κ2) is 9.53. The first-order chi connectivity index (χ1) is 13.2. The highest BCUT2D eigenvalue weighted by Crippen LogP contribution is 2.38. The van der Waals surface area contributed by atoms with E-state index in [0.717, 1.165) is 6.42 Å². The Balaban J connectivity index is 1.54. The molecule has 11 heteroatoms. The molecule has 0 spiro atoms. The van der Waals surface area contributed by atoms with Gasteiger partial charge < -0.3 is 4.74 Å². The summed E-state index contributed by atoms with van der Waals surface area (Å²) in [4.78, 5) is 14.6. The van der Waals surface area contributed by atoms with Gasteiger partial charge in [0.05, 0.1) is 17.0 Å². The smallest absolute Gasteiger partial charge is 0.241 e. The van der Waals surface area contributed by atoms with Crippen molar-refractivity contribution in [3.63, 3.8) is 0 Å². The fraction of sp³-hybridized carbons (Fsp3) is 0.941. The van der Waals surface area contributed by atoms with Gasteiger partial charge in [-0.1, -0.05) is 0 Å². The summed E-state index contributed by atoms with van der Waals surface area (Å²) in [5.74, 6) is -1.70. The molecule has 2 saturated heterocycles. The maximum atomic E-state index is 14.6. The average Bonchev–Trinajstić information content (AvgIpc) is 3.09. The van der Waals surface area contributed by atoms with E-state index in [4.69, 9.17) is 16.3 Å². The molecule has 4 N–H and O–H groups in total. The van der Waals surface area contributed by atoms with Crippen molar-refractivity contribution < 1.29 is 22.3 Å². The summed E-state index contributed by atoms with van der Waals surface area (Å²) in [6.07, 6.45) is 1.50. The fourth-order valence-corrected chi connectivity index (χ4v) is 6.05. The number of amides is 1. The van der Waals surface area contributed by atoms with E-state index in [2.05, 4.69) is 21.1 Å². The maximum Gasteiger partial charge on any atom is 0.241 e. The van der Waals surface area contributed by atoms with Crippen LogP contribution < -0.4 is 21.1 Å². The highest BCUT2D eigenvalue weighted by molar-refractivity contribution is 7.89. The molecule has 2 aliphatic heterocycles. The number of hydrazine groups is 2. The zero-order chi connectivity index (χ0) is 20.3. The second-order valence-electron chi connectivity index (χ2n) is 8.26. The van der Waals surface area contributed by atoms with E-state index in [1.54, 1.807) is 0 Å². The van der Waals surface area contributed by atoms with Crippen molar-refractivity contribution in [2.45, 2.75) is 62.7 Å². The molecule has 2 heterocycles. The molecular formula is C17H30ClFN4O4S. The Bertz CT molecular complexity index is 649. The van der Waals surface area contributed by atoms with Crippen LogP contribution in [0, 0.1) is 17.8 Å². The lowest BCUT2D eigenvalue weighted by Crippen LogP contribution is -2.52. The third-order valence-corrected chi connectivity index (χ3v) is 7.71. The van der Waals surface area contributed by atoms with Crippen LogP contribution in [0.25, 0.3) is 0 Å². The molecule has 0 bridgehead atoms. The van der Waals surface area contributed by atoms with Crippen molar-refractivity contribution >= 4 is 27.5 Å². The molecule has 0 aromatic rings. The van der Waals surface area contributed by atoms with Gasteiger partial charge in [0.2, 0.25) is 15.9 Å². The van der Waals surface area contributed by atoms with Gasteiger partial charge >= 0.3 is 0 Å². The van der Waals surface area contributed by atoms with Crippen LogP contribution >= 0.6 is 11.6 Å². The number of sulfonamides is 1. The van der Waals surface area contributed by atoms with Crippen molar-refractivity contribution in [1.82, 2.24) is 21.1 Å². The Hall–Kier alpha value is -0.520. The Labute approximate surface area is 170 Å². The normalized spacial score (nSPS) is 37.7. The lowest BCUT2D eigenvalue weighted by atomic mass is 9.75. The number of hydrogen-bond donors (Lipinski definition) is 4. The van der Waals surface area contributed by atoms with Crippen LogP contribution in [0.5, 0.6) is 0 Å². The highest BCUT2D eigenvalue weighted by Gasteiger charge is 2.44. The van der Waals surface area contributed by atoms with Crippen LogP contribution in [0.2, 0.25) is 0 Å². The summed E-state index contributed by atoms with van der Waals surface area (Å²) in [7, 11) is -3.70. The van der Waals surface area contributed by atoms with Crippen molar-refractivity contribution in [1.29, 1.82) is 0 Å². The molecule has 0 aromatic carbocycles. The van der Waals surface area contributed by atoms with Gasteiger partial charge in [-0.15, -0.1) is 16.4 Å². The largest absolute Gasteiger partial charge is 0.381 e. The van der Waals surface area contributed by atoms with E-state index < -0.39 is 33.4 Å². The van der Waals surface area contributed by atoms with Crippen molar-refractivity contribution in [3.8, 4) is 0 Å². The van der Waals surface area contributed by atoms with Gasteiger partial charge in [0.1, 0.15) is 6.17 Å². The van der Waals surface area contributed by atoms with Gasteiger partial charge in [-0.25, -0.2) is 12.8 Å². The SMILES string of the molecule is CC1CC(C2CC(Cl)C(F)C(C(=O)NNS(=O)(=O)CC3CCOCC3)C2)NN1. The molecule has 3 aliphatic rings. The third-order valence-electron chi connectivity index (χ3n) is 5.97. The minimum atomic E-state index is -3.70. The Morgan fingerprint density at radius 2 is 1.93 bits per heavy atom. The van der Waals surface area contributed by atoms with Crippen LogP contribution in [0.3, 0.4) is 0 Å². The zero-order valence-corrected chi connectivity index (χ0v) is 17.6. The molecule has 0 aromatic heterocycles. The molecule has 28 heavy (non-hydrogen) atoms. The topological polar surface area (TPSA) is 109 Å². The van der Waals surface area contributed by atoms with Crippen LogP contribution in [-0.2, 0) is 19.6 Å². The minimum absolute atomic E-state index is 0.00807. The van der Waals surface area contributed by atoms with E-state index in [1.165, 1.54) is 0 Å². The van der Waals surface area contributed by atoms with E-state index >= 15 is 0 Å². The van der Waals surface area contributed by atoms with Gasteiger partial charge in [-0.3, -0.25) is 21.1 Å².